The van der Waals surface area contributed by atoms with Gasteiger partial charge in [-0.25, -0.2) is 0 Å². The summed E-state index contributed by atoms with van der Waals surface area (Å²) >= 11 is 6.26. The van der Waals surface area contributed by atoms with Gasteiger partial charge in [-0.05, 0) is 31.2 Å². The van der Waals surface area contributed by atoms with E-state index in [-0.39, 0.29) is 6.10 Å². The van der Waals surface area contributed by atoms with E-state index in [1.165, 1.54) is 0 Å². The molecule has 1 saturated heterocycles. The van der Waals surface area contributed by atoms with E-state index in [0.29, 0.717) is 5.92 Å². The topological polar surface area (TPSA) is 34.1 Å². The van der Waals surface area contributed by atoms with Gasteiger partial charge in [0.05, 0.1) is 11.6 Å². The summed E-state index contributed by atoms with van der Waals surface area (Å²) in [6, 6.07) is 7.95. The number of aromatic nitrogens is 1. The van der Waals surface area contributed by atoms with Gasteiger partial charge in [0.15, 0.2) is 0 Å². The molecule has 0 bridgehead atoms. The molecule has 3 rings (SSSR count). The molecule has 1 N–H and O–H groups in total. The highest BCUT2D eigenvalue weighted by Gasteiger charge is 2.30. The van der Waals surface area contributed by atoms with Crippen LogP contribution in [0, 0.1) is 5.92 Å². The lowest BCUT2D eigenvalue weighted by atomic mass is 9.93. The molecule has 20 heavy (non-hydrogen) atoms. The number of fused-ring (bicyclic) bond motifs is 1. The molecule has 0 spiro atoms. The third-order valence-corrected chi connectivity index (χ3v) is 4.25. The van der Waals surface area contributed by atoms with E-state index in [1.807, 2.05) is 24.4 Å². The van der Waals surface area contributed by atoms with Crippen LogP contribution in [0.2, 0.25) is 5.02 Å². The van der Waals surface area contributed by atoms with E-state index in [0.717, 1.165) is 47.6 Å². The quantitative estimate of drug-likeness (QED) is 0.934. The first-order valence-corrected chi connectivity index (χ1v) is 7.54. The SMILES string of the molecule is CCNCC1CCOC1c1ccc(Cl)c2cccnc12. The Morgan fingerprint density at radius 3 is 3.15 bits per heavy atom. The molecule has 1 aliphatic heterocycles. The minimum Gasteiger partial charge on any atom is -0.373 e. The molecule has 2 unspecified atom stereocenters. The fourth-order valence-corrected chi connectivity index (χ4v) is 3.12. The molecule has 0 amide bonds. The van der Waals surface area contributed by atoms with Gasteiger partial charge in [-0.3, -0.25) is 4.98 Å². The smallest absolute Gasteiger partial charge is 0.0887 e. The van der Waals surface area contributed by atoms with Crippen LogP contribution in [-0.2, 0) is 4.74 Å². The molecule has 2 atom stereocenters. The van der Waals surface area contributed by atoms with Crippen LogP contribution >= 0.6 is 11.6 Å². The van der Waals surface area contributed by atoms with Crippen LogP contribution in [0.3, 0.4) is 0 Å². The van der Waals surface area contributed by atoms with Crippen LogP contribution in [0.4, 0.5) is 0 Å². The van der Waals surface area contributed by atoms with Gasteiger partial charge in [0.1, 0.15) is 0 Å². The first-order chi connectivity index (χ1) is 9.81. The van der Waals surface area contributed by atoms with Crippen LogP contribution in [-0.4, -0.2) is 24.7 Å². The van der Waals surface area contributed by atoms with Crippen molar-refractivity contribution in [2.24, 2.45) is 5.92 Å². The lowest BCUT2D eigenvalue weighted by Gasteiger charge is -2.20. The molecule has 1 aliphatic rings. The summed E-state index contributed by atoms with van der Waals surface area (Å²) in [7, 11) is 0. The van der Waals surface area contributed by atoms with Gasteiger partial charge in [-0.2, -0.15) is 0 Å². The van der Waals surface area contributed by atoms with E-state index < -0.39 is 0 Å². The molecule has 0 saturated carbocycles. The minimum atomic E-state index is 0.115. The van der Waals surface area contributed by atoms with Crippen molar-refractivity contribution in [2.45, 2.75) is 19.4 Å². The molecular formula is C16H19ClN2O. The first-order valence-electron chi connectivity index (χ1n) is 7.16. The van der Waals surface area contributed by atoms with E-state index in [9.17, 15) is 0 Å². The molecular weight excluding hydrogens is 272 g/mol. The van der Waals surface area contributed by atoms with Crippen LogP contribution in [0.25, 0.3) is 10.9 Å². The average Bonchev–Trinajstić information content (AvgIpc) is 2.94. The Kier molecular flexibility index (Phi) is 4.20. The maximum absolute atomic E-state index is 6.26. The van der Waals surface area contributed by atoms with Crippen molar-refractivity contribution >= 4 is 22.5 Å². The maximum atomic E-state index is 6.26. The van der Waals surface area contributed by atoms with Crippen LogP contribution in [0.1, 0.15) is 25.0 Å². The number of benzene rings is 1. The molecule has 1 fully saturated rings. The van der Waals surface area contributed by atoms with Gasteiger partial charge < -0.3 is 10.1 Å². The molecule has 2 aromatic rings. The Morgan fingerprint density at radius 2 is 2.30 bits per heavy atom. The van der Waals surface area contributed by atoms with Crippen molar-refractivity contribution in [3.63, 3.8) is 0 Å². The number of hydrogen-bond donors (Lipinski definition) is 1. The fourth-order valence-electron chi connectivity index (χ4n) is 2.91. The molecule has 2 heterocycles. The average molecular weight is 291 g/mol. The Balaban J connectivity index is 1.99. The summed E-state index contributed by atoms with van der Waals surface area (Å²) in [5.74, 6) is 0.501. The second kappa shape index (κ2) is 6.08. The lowest BCUT2D eigenvalue weighted by molar-refractivity contribution is 0.0916. The lowest BCUT2D eigenvalue weighted by Crippen LogP contribution is -2.24. The fraction of sp³-hybridized carbons (Fsp3) is 0.438. The summed E-state index contributed by atoms with van der Waals surface area (Å²) in [5, 5.41) is 5.18. The maximum Gasteiger partial charge on any atom is 0.0887 e. The predicted octanol–water partition coefficient (Wildman–Crippen LogP) is 3.58. The Morgan fingerprint density at radius 1 is 1.40 bits per heavy atom. The first kappa shape index (κ1) is 13.8. The Hall–Kier alpha value is -1.16. The predicted molar refractivity (Wildman–Crippen MR) is 82.1 cm³/mol. The number of rotatable bonds is 4. The molecule has 0 aliphatic carbocycles. The molecule has 4 heteroatoms. The molecule has 1 aromatic carbocycles. The zero-order valence-corrected chi connectivity index (χ0v) is 12.4. The standard InChI is InChI=1S/C16H19ClN2O/c1-2-18-10-11-7-9-20-16(11)13-5-6-14(17)12-4-3-8-19-15(12)13/h3-6,8,11,16,18H,2,7,9-10H2,1H3. The summed E-state index contributed by atoms with van der Waals surface area (Å²) in [6.07, 6.45) is 3.02. The van der Waals surface area contributed by atoms with Crippen molar-refractivity contribution in [1.29, 1.82) is 0 Å². The number of ether oxygens (including phenoxy) is 1. The number of nitrogens with one attached hydrogen (secondary N) is 1. The summed E-state index contributed by atoms with van der Waals surface area (Å²) < 4.78 is 5.97. The number of hydrogen-bond acceptors (Lipinski definition) is 3. The monoisotopic (exact) mass is 290 g/mol. The largest absolute Gasteiger partial charge is 0.373 e. The summed E-state index contributed by atoms with van der Waals surface area (Å²) in [5.41, 5.74) is 2.12. The zero-order chi connectivity index (χ0) is 13.9. The Bertz CT molecular complexity index is 602. The van der Waals surface area contributed by atoms with Gasteiger partial charge in [-0.15, -0.1) is 0 Å². The third-order valence-electron chi connectivity index (χ3n) is 3.92. The van der Waals surface area contributed by atoms with Crippen LogP contribution < -0.4 is 5.32 Å². The van der Waals surface area contributed by atoms with Crippen LogP contribution in [0.15, 0.2) is 30.5 Å². The summed E-state index contributed by atoms with van der Waals surface area (Å²) in [4.78, 5) is 4.52. The van der Waals surface area contributed by atoms with Gasteiger partial charge in [0.25, 0.3) is 0 Å². The molecule has 1 aromatic heterocycles. The third kappa shape index (κ3) is 2.53. The number of nitrogens with zero attached hydrogens (tertiary/aromatic N) is 1. The highest BCUT2D eigenvalue weighted by Crippen LogP contribution is 2.38. The van der Waals surface area contributed by atoms with Gasteiger partial charge in [-0.1, -0.05) is 24.6 Å². The number of halogens is 1. The van der Waals surface area contributed by atoms with Crippen LogP contribution in [0.5, 0.6) is 0 Å². The van der Waals surface area contributed by atoms with Gasteiger partial charge in [0, 0.05) is 41.2 Å². The molecule has 3 nitrogen and oxygen atoms in total. The Labute approximate surface area is 124 Å². The van der Waals surface area contributed by atoms with Crippen molar-refractivity contribution in [3.05, 3.63) is 41.0 Å². The van der Waals surface area contributed by atoms with Crippen molar-refractivity contribution < 1.29 is 4.74 Å². The second-order valence-corrected chi connectivity index (χ2v) is 5.59. The van der Waals surface area contributed by atoms with E-state index in [4.69, 9.17) is 16.3 Å². The summed E-state index contributed by atoms with van der Waals surface area (Å²) in [6.45, 7) is 4.92. The van der Waals surface area contributed by atoms with Crippen molar-refractivity contribution in [1.82, 2.24) is 10.3 Å². The normalized spacial score (nSPS) is 22.5. The van der Waals surface area contributed by atoms with E-state index in [1.54, 1.807) is 0 Å². The molecule has 106 valence electrons. The minimum absolute atomic E-state index is 0.115. The zero-order valence-electron chi connectivity index (χ0n) is 11.6. The number of pyridine rings is 1. The van der Waals surface area contributed by atoms with E-state index >= 15 is 0 Å². The highest BCUT2D eigenvalue weighted by molar-refractivity contribution is 6.35. The van der Waals surface area contributed by atoms with E-state index in [2.05, 4.69) is 23.3 Å². The van der Waals surface area contributed by atoms with Gasteiger partial charge >= 0.3 is 0 Å². The van der Waals surface area contributed by atoms with Gasteiger partial charge in [0.2, 0.25) is 0 Å². The highest BCUT2D eigenvalue weighted by atomic mass is 35.5. The molecule has 0 radical (unpaired) electrons. The second-order valence-electron chi connectivity index (χ2n) is 5.18. The van der Waals surface area contributed by atoms with Crippen molar-refractivity contribution in [3.8, 4) is 0 Å². The van der Waals surface area contributed by atoms with Crippen molar-refractivity contribution in [2.75, 3.05) is 19.7 Å².